The van der Waals surface area contributed by atoms with Gasteiger partial charge in [0.15, 0.2) is 0 Å². The molecule has 1 N–H and O–H groups in total. The number of hydrogen-bond donors (Lipinski definition) is 1. The molecule has 0 spiro atoms. The Kier molecular flexibility index (Phi) is 4.57. The molecule has 0 saturated carbocycles. The second-order valence-electron chi connectivity index (χ2n) is 6.45. The predicted molar refractivity (Wildman–Crippen MR) is 85.4 cm³/mol. The third-order valence-corrected chi connectivity index (χ3v) is 4.94. The topological polar surface area (TPSA) is 45.2 Å². The Labute approximate surface area is 132 Å². The molecule has 0 aliphatic carbocycles. The van der Waals surface area contributed by atoms with Gasteiger partial charge in [-0.05, 0) is 19.4 Å². The molecule has 3 atom stereocenters. The lowest BCUT2D eigenvalue weighted by molar-refractivity contribution is 0.0523. The predicted octanol–water partition coefficient (Wildman–Crippen LogP) is 1.34. The maximum atomic E-state index is 9.87. The third kappa shape index (κ3) is 3.07. The van der Waals surface area contributed by atoms with Crippen molar-refractivity contribution in [2.45, 2.75) is 38.1 Å². The molecule has 1 aromatic rings. The van der Waals surface area contributed by atoms with E-state index in [9.17, 15) is 5.11 Å². The van der Waals surface area contributed by atoms with Crippen LogP contribution in [-0.4, -0.2) is 66.9 Å². The van der Waals surface area contributed by atoms with Crippen molar-refractivity contribution in [3.05, 3.63) is 23.8 Å². The Balaban J connectivity index is 1.72. The van der Waals surface area contributed by atoms with Crippen LogP contribution in [0.2, 0.25) is 0 Å². The van der Waals surface area contributed by atoms with E-state index in [4.69, 9.17) is 9.47 Å². The van der Waals surface area contributed by atoms with E-state index in [-0.39, 0.29) is 6.10 Å². The maximum Gasteiger partial charge on any atom is 0.127 e. The molecule has 2 saturated heterocycles. The molecule has 0 unspecified atom stereocenters. The number of hydrogen-bond acceptors (Lipinski definition) is 5. The SMILES string of the molecule is COc1ccc(CN2C[C@@H]3C[C@@H](O)CN3C[C@H]2C)c(OC)c1. The van der Waals surface area contributed by atoms with Crippen molar-refractivity contribution in [1.82, 2.24) is 9.80 Å². The summed E-state index contributed by atoms with van der Waals surface area (Å²) in [5, 5.41) is 9.87. The van der Waals surface area contributed by atoms with Gasteiger partial charge in [0.2, 0.25) is 0 Å². The van der Waals surface area contributed by atoms with Crippen molar-refractivity contribution < 1.29 is 14.6 Å². The van der Waals surface area contributed by atoms with Crippen LogP contribution in [0.3, 0.4) is 0 Å². The summed E-state index contributed by atoms with van der Waals surface area (Å²) in [6.07, 6.45) is 0.732. The van der Waals surface area contributed by atoms with Crippen molar-refractivity contribution in [2.75, 3.05) is 33.9 Å². The average molecular weight is 306 g/mol. The first-order valence-electron chi connectivity index (χ1n) is 7.97. The fraction of sp³-hybridized carbons (Fsp3) is 0.647. The van der Waals surface area contributed by atoms with Crippen molar-refractivity contribution in [3.63, 3.8) is 0 Å². The Morgan fingerprint density at radius 2 is 2.00 bits per heavy atom. The Morgan fingerprint density at radius 3 is 2.73 bits per heavy atom. The van der Waals surface area contributed by atoms with Gasteiger partial charge < -0.3 is 14.6 Å². The number of ether oxygens (including phenoxy) is 2. The smallest absolute Gasteiger partial charge is 0.127 e. The summed E-state index contributed by atoms with van der Waals surface area (Å²) >= 11 is 0. The molecule has 2 aliphatic heterocycles. The van der Waals surface area contributed by atoms with Crippen LogP contribution in [0.15, 0.2) is 18.2 Å². The summed E-state index contributed by atoms with van der Waals surface area (Å²) in [5.74, 6) is 1.69. The van der Waals surface area contributed by atoms with Gasteiger partial charge in [-0.25, -0.2) is 0 Å². The van der Waals surface area contributed by atoms with Crippen LogP contribution in [0, 0.1) is 0 Å². The number of aliphatic hydroxyl groups is 1. The fourth-order valence-corrected chi connectivity index (χ4v) is 3.70. The summed E-state index contributed by atoms with van der Waals surface area (Å²) in [6.45, 7) is 5.99. The van der Waals surface area contributed by atoms with Gasteiger partial charge in [-0.3, -0.25) is 9.80 Å². The molecule has 1 aromatic carbocycles. The lowest BCUT2D eigenvalue weighted by Gasteiger charge is -2.42. The summed E-state index contributed by atoms with van der Waals surface area (Å²) in [6, 6.07) is 6.97. The average Bonchev–Trinajstić information content (AvgIpc) is 2.87. The summed E-state index contributed by atoms with van der Waals surface area (Å²) in [7, 11) is 3.37. The number of methoxy groups -OCH3 is 2. The minimum atomic E-state index is -0.160. The first-order valence-corrected chi connectivity index (χ1v) is 7.97. The molecule has 2 aliphatic rings. The first-order chi connectivity index (χ1) is 10.6. The molecule has 0 radical (unpaired) electrons. The minimum Gasteiger partial charge on any atom is -0.497 e. The van der Waals surface area contributed by atoms with Crippen LogP contribution in [0.5, 0.6) is 11.5 Å². The molecule has 122 valence electrons. The Hall–Kier alpha value is -1.30. The molecule has 0 amide bonds. The molecule has 5 nitrogen and oxygen atoms in total. The molecule has 2 heterocycles. The number of nitrogens with zero attached hydrogens (tertiary/aromatic N) is 2. The van der Waals surface area contributed by atoms with E-state index >= 15 is 0 Å². The fourth-order valence-electron chi connectivity index (χ4n) is 3.70. The molecule has 22 heavy (non-hydrogen) atoms. The summed E-state index contributed by atoms with van der Waals surface area (Å²) in [4.78, 5) is 4.92. The largest absolute Gasteiger partial charge is 0.497 e. The monoisotopic (exact) mass is 306 g/mol. The van der Waals surface area contributed by atoms with Gasteiger partial charge >= 0.3 is 0 Å². The first kappa shape index (κ1) is 15.6. The van der Waals surface area contributed by atoms with Crippen LogP contribution >= 0.6 is 0 Å². The third-order valence-electron chi connectivity index (χ3n) is 4.94. The molecule has 2 fully saturated rings. The van der Waals surface area contributed by atoms with Crippen LogP contribution < -0.4 is 9.47 Å². The minimum absolute atomic E-state index is 0.160. The van der Waals surface area contributed by atoms with Crippen molar-refractivity contribution in [1.29, 1.82) is 0 Å². The standard InChI is InChI=1S/C17H26N2O3/c1-12-8-19-11-15(20)6-14(19)10-18(12)9-13-4-5-16(21-2)7-17(13)22-3/h4-5,7,12,14-15,20H,6,8-11H2,1-3H3/t12-,14+,15-/m1/s1. The van der Waals surface area contributed by atoms with Gasteiger partial charge in [-0.15, -0.1) is 0 Å². The number of fused-ring (bicyclic) bond motifs is 1. The molecule has 3 rings (SSSR count). The lowest BCUT2D eigenvalue weighted by Crippen LogP contribution is -2.54. The summed E-state index contributed by atoms with van der Waals surface area (Å²) < 4.78 is 10.8. The summed E-state index contributed by atoms with van der Waals surface area (Å²) in [5.41, 5.74) is 1.18. The van der Waals surface area contributed by atoms with E-state index in [1.54, 1.807) is 14.2 Å². The van der Waals surface area contributed by atoms with Crippen molar-refractivity contribution in [2.24, 2.45) is 0 Å². The highest BCUT2D eigenvalue weighted by atomic mass is 16.5. The van der Waals surface area contributed by atoms with E-state index < -0.39 is 0 Å². The van der Waals surface area contributed by atoms with Crippen LogP contribution in [-0.2, 0) is 6.54 Å². The highest BCUT2D eigenvalue weighted by molar-refractivity contribution is 5.40. The molecular formula is C17H26N2O3. The zero-order valence-electron chi connectivity index (χ0n) is 13.7. The van der Waals surface area contributed by atoms with Crippen LogP contribution in [0.4, 0.5) is 0 Å². The molecular weight excluding hydrogens is 280 g/mol. The van der Waals surface area contributed by atoms with E-state index in [2.05, 4.69) is 22.8 Å². The highest BCUT2D eigenvalue weighted by Crippen LogP contribution is 2.30. The van der Waals surface area contributed by atoms with Crippen LogP contribution in [0.25, 0.3) is 0 Å². The van der Waals surface area contributed by atoms with E-state index in [1.807, 2.05) is 12.1 Å². The van der Waals surface area contributed by atoms with Crippen molar-refractivity contribution in [3.8, 4) is 11.5 Å². The number of piperazine rings is 1. The van der Waals surface area contributed by atoms with Crippen molar-refractivity contribution >= 4 is 0 Å². The van der Waals surface area contributed by atoms with Gasteiger partial charge in [0.05, 0.1) is 20.3 Å². The zero-order chi connectivity index (χ0) is 15.7. The number of rotatable bonds is 4. The van der Waals surface area contributed by atoms with Gasteiger partial charge in [0.1, 0.15) is 11.5 Å². The number of aliphatic hydroxyl groups excluding tert-OH is 1. The molecule has 0 bridgehead atoms. The van der Waals surface area contributed by atoms with E-state index in [0.29, 0.717) is 12.1 Å². The highest BCUT2D eigenvalue weighted by Gasteiger charge is 2.38. The van der Waals surface area contributed by atoms with Gasteiger partial charge in [0.25, 0.3) is 0 Å². The van der Waals surface area contributed by atoms with Gasteiger partial charge in [-0.1, -0.05) is 6.07 Å². The van der Waals surface area contributed by atoms with Crippen LogP contribution in [0.1, 0.15) is 18.9 Å². The second-order valence-corrected chi connectivity index (χ2v) is 6.45. The molecule has 0 aromatic heterocycles. The number of benzene rings is 1. The quantitative estimate of drug-likeness (QED) is 0.909. The van der Waals surface area contributed by atoms with Gasteiger partial charge in [-0.2, -0.15) is 0 Å². The Bertz CT molecular complexity index is 523. The molecule has 5 heteroatoms. The Morgan fingerprint density at radius 1 is 1.18 bits per heavy atom. The lowest BCUT2D eigenvalue weighted by atomic mass is 10.1. The second kappa shape index (κ2) is 6.44. The van der Waals surface area contributed by atoms with E-state index in [1.165, 1.54) is 5.56 Å². The van der Waals surface area contributed by atoms with Gasteiger partial charge in [0, 0.05) is 49.9 Å². The van der Waals surface area contributed by atoms with E-state index in [0.717, 1.165) is 44.1 Å². The maximum absolute atomic E-state index is 9.87. The normalized spacial score (nSPS) is 29.4. The zero-order valence-corrected chi connectivity index (χ0v) is 13.7.